The number of carbonyl (C=O) groups excluding carboxylic acids is 2. The molecule has 0 unspecified atom stereocenters. The molecule has 0 bridgehead atoms. The van der Waals surface area contributed by atoms with Crippen molar-refractivity contribution in [1.82, 2.24) is 9.78 Å². The Labute approximate surface area is 190 Å². The van der Waals surface area contributed by atoms with Crippen LogP contribution in [-0.4, -0.2) is 28.3 Å². The molecule has 0 atom stereocenters. The van der Waals surface area contributed by atoms with Crippen LogP contribution in [0, 0.1) is 0 Å². The monoisotopic (exact) mass is 447 g/mol. The van der Waals surface area contributed by atoms with Gasteiger partial charge in [-0.15, -0.1) is 0 Å². The molecule has 0 aliphatic carbocycles. The first-order valence-electron chi connectivity index (χ1n) is 10.3. The molecule has 6 nitrogen and oxygen atoms in total. The largest absolute Gasteiger partial charge is 0.465 e. The van der Waals surface area contributed by atoms with Crippen LogP contribution in [-0.2, 0) is 22.5 Å². The number of ether oxygens (including phenoxy) is 1. The average Bonchev–Trinajstić information content (AvgIpc) is 3.13. The Morgan fingerprint density at radius 3 is 2.44 bits per heavy atom. The number of fused-ring (bicyclic) bond motifs is 1. The second-order valence-electron chi connectivity index (χ2n) is 7.26. The summed E-state index contributed by atoms with van der Waals surface area (Å²) in [4.78, 5) is 24.3. The lowest BCUT2D eigenvalue weighted by Gasteiger charge is -2.07. The van der Waals surface area contributed by atoms with Crippen molar-refractivity contribution in [2.75, 3.05) is 11.9 Å². The lowest BCUT2D eigenvalue weighted by molar-refractivity contribution is -0.143. The van der Waals surface area contributed by atoms with E-state index >= 15 is 0 Å². The summed E-state index contributed by atoms with van der Waals surface area (Å²) in [5.74, 6) is -0.508. The molecule has 7 heteroatoms. The number of carbonyl (C=O) groups is 2. The van der Waals surface area contributed by atoms with Crippen molar-refractivity contribution in [3.05, 3.63) is 94.6 Å². The van der Waals surface area contributed by atoms with Gasteiger partial charge in [-0.3, -0.25) is 14.3 Å². The van der Waals surface area contributed by atoms with E-state index in [2.05, 4.69) is 10.4 Å². The van der Waals surface area contributed by atoms with Gasteiger partial charge in [-0.2, -0.15) is 5.10 Å². The van der Waals surface area contributed by atoms with Gasteiger partial charge >= 0.3 is 5.97 Å². The predicted molar refractivity (Wildman–Crippen MR) is 125 cm³/mol. The third-order valence-corrected chi connectivity index (χ3v) is 5.26. The molecule has 1 amide bonds. The molecule has 0 aliphatic heterocycles. The molecule has 0 aliphatic rings. The minimum Gasteiger partial charge on any atom is -0.465 e. The summed E-state index contributed by atoms with van der Waals surface area (Å²) in [6, 6.07) is 22.2. The van der Waals surface area contributed by atoms with Gasteiger partial charge in [0, 0.05) is 28.1 Å². The number of amides is 1. The quantitative estimate of drug-likeness (QED) is 0.400. The molecule has 0 spiro atoms. The maximum absolute atomic E-state index is 12.4. The SMILES string of the molecule is CCOC(=O)Cn1nc(Cc2ccc(NC(=O)c3ccc(Cl)cc3)cc2)c2ccccc21. The van der Waals surface area contributed by atoms with E-state index < -0.39 is 0 Å². The third-order valence-electron chi connectivity index (χ3n) is 5.01. The molecule has 0 fully saturated rings. The standard InChI is InChI=1S/C25H22ClN3O3/c1-2-32-24(30)16-29-23-6-4-3-5-21(23)22(28-29)15-17-7-13-20(14-8-17)27-25(31)18-9-11-19(26)12-10-18/h3-14H,2,15-16H2,1H3,(H,27,31). The van der Waals surface area contributed by atoms with E-state index in [1.54, 1.807) is 35.9 Å². The summed E-state index contributed by atoms with van der Waals surface area (Å²) in [6.45, 7) is 2.20. The van der Waals surface area contributed by atoms with Crippen LogP contribution in [0.4, 0.5) is 5.69 Å². The van der Waals surface area contributed by atoms with E-state index in [0.717, 1.165) is 22.2 Å². The summed E-state index contributed by atoms with van der Waals surface area (Å²) >= 11 is 5.88. The predicted octanol–water partition coefficient (Wildman–Crippen LogP) is 5.10. The molecular formula is C25H22ClN3O3. The molecule has 1 aromatic heterocycles. The van der Waals surface area contributed by atoms with Crippen molar-refractivity contribution in [3.63, 3.8) is 0 Å². The van der Waals surface area contributed by atoms with Gasteiger partial charge in [-0.05, 0) is 55.0 Å². The first-order chi connectivity index (χ1) is 15.5. The van der Waals surface area contributed by atoms with Crippen molar-refractivity contribution in [1.29, 1.82) is 0 Å². The molecule has 0 saturated carbocycles. The number of hydrogen-bond donors (Lipinski definition) is 1. The molecule has 0 saturated heterocycles. The lowest BCUT2D eigenvalue weighted by atomic mass is 10.1. The third kappa shape index (κ3) is 4.98. The molecule has 3 aromatic carbocycles. The van der Waals surface area contributed by atoms with Crippen molar-refractivity contribution in [2.24, 2.45) is 0 Å². The van der Waals surface area contributed by atoms with Crippen LogP contribution in [0.3, 0.4) is 0 Å². The van der Waals surface area contributed by atoms with E-state index in [0.29, 0.717) is 29.3 Å². The number of esters is 1. The number of para-hydroxylation sites is 1. The first kappa shape index (κ1) is 21.6. The molecule has 4 rings (SSSR count). The molecular weight excluding hydrogens is 426 g/mol. The van der Waals surface area contributed by atoms with Crippen LogP contribution < -0.4 is 5.32 Å². The van der Waals surface area contributed by atoms with Gasteiger partial charge in [-0.25, -0.2) is 0 Å². The second kappa shape index (κ2) is 9.66. The van der Waals surface area contributed by atoms with Crippen molar-refractivity contribution >= 4 is 40.1 Å². The zero-order chi connectivity index (χ0) is 22.5. The van der Waals surface area contributed by atoms with E-state index in [4.69, 9.17) is 16.3 Å². The Kier molecular flexibility index (Phi) is 6.52. The fourth-order valence-corrected chi connectivity index (χ4v) is 3.61. The number of hydrogen-bond acceptors (Lipinski definition) is 4. The topological polar surface area (TPSA) is 73.2 Å². The highest BCUT2D eigenvalue weighted by Crippen LogP contribution is 2.22. The Hall–Kier alpha value is -3.64. The van der Waals surface area contributed by atoms with Crippen molar-refractivity contribution in [2.45, 2.75) is 19.9 Å². The highest BCUT2D eigenvalue weighted by Gasteiger charge is 2.14. The summed E-state index contributed by atoms with van der Waals surface area (Å²) in [5.41, 5.74) is 4.05. The summed E-state index contributed by atoms with van der Waals surface area (Å²) in [5, 5.41) is 9.13. The summed E-state index contributed by atoms with van der Waals surface area (Å²) in [7, 11) is 0. The zero-order valence-electron chi connectivity index (χ0n) is 17.5. The smallest absolute Gasteiger partial charge is 0.327 e. The van der Waals surface area contributed by atoms with E-state index in [1.807, 2.05) is 48.5 Å². The summed E-state index contributed by atoms with van der Waals surface area (Å²) in [6.07, 6.45) is 0.599. The van der Waals surface area contributed by atoms with Crippen LogP contribution >= 0.6 is 11.6 Å². The normalized spacial score (nSPS) is 10.8. The number of nitrogens with one attached hydrogen (secondary N) is 1. The molecule has 0 radical (unpaired) electrons. The molecule has 1 N–H and O–H groups in total. The van der Waals surface area contributed by atoms with Gasteiger partial charge in [0.05, 0.1) is 17.8 Å². The lowest BCUT2D eigenvalue weighted by Crippen LogP contribution is -2.14. The van der Waals surface area contributed by atoms with Crippen LogP contribution in [0.1, 0.15) is 28.5 Å². The Bertz CT molecular complexity index is 1250. The number of anilines is 1. The molecule has 162 valence electrons. The van der Waals surface area contributed by atoms with Crippen LogP contribution in [0.25, 0.3) is 10.9 Å². The number of nitrogens with zero attached hydrogens (tertiary/aromatic N) is 2. The van der Waals surface area contributed by atoms with Crippen molar-refractivity contribution < 1.29 is 14.3 Å². The zero-order valence-corrected chi connectivity index (χ0v) is 18.3. The van der Waals surface area contributed by atoms with Gasteiger partial charge in [-0.1, -0.05) is 41.9 Å². The fraction of sp³-hybridized carbons (Fsp3) is 0.160. The van der Waals surface area contributed by atoms with Crippen LogP contribution in [0.15, 0.2) is 72.8 Å². The first-order valence-corrected chi connectivity index (χ1v) is 10.7. The minimum atomic E-state index is -0.312. The Morgan fingerprint density at radius 2 is 1.72 bits per heavy atom. The maximum atomic E-state index is 12.4. The van der Waals surface area contributed by atoms with Gasteiger partial charge in [0.25, 0.3) is 5.91 Å². The highest BCUT2D eigenvalue weighted by molar-refractivity contribution is 6.30. The van der Waals surface area contributed by atoms with Crippen LogP contribution in [0.2, 0.25) is 5.02 Å². The number of benzene rings is 3. The number of aromatic nitrogens is 2. The van der Waals surface area contributed by atoms with Crippen molar-refractivity contribution in [3.8, 4) is 0 Å². The second-order valence-corrected chi connectivity index (χ2v) is 7.70. The number of halogens is 1. The molecule has 1 heterocycles. The van der Waals surface area contributed by atoms with Crippen LogP contribution in [0.5, 0.6) is 0 Å². The van der Waals surface area contributed by atoms with E-state index in [1.165, 1.54) is 0 Å². The average molecular weight is 448 g/mol. The van der Waals surface area contributed by atoms with Gasteiger partial charge in [0.15, 0.2) is 0 Å². The van der Waals surface area contributed by atoms with Gasteiger partial charge < -0.3 is 10.1 Å². The molecule has 4 aromatic rings. The molecule has 32 heavy (non-hydrogen) atoms. The maximum Gasteiger partial charge on any atom is 0.327 e. The Balaban J connectivity index is 1.49. The minimum absolute atomic E-state index is 0.0734. The van der Waals surface area contributed by atoms with E-state index in [-0.39, 0.29) is 18.4 Å². The summed E-state index contributed by atoms with van der Waals surface area (Å²) < 4.78 is 6.75. The Morgan fingerprint density at radius 1 is 1.00 bits per heavy atom. The number of rotatable bonds is 7. The van der Waals surface area contributed by atoms with E-state index in [9.17, 15) is 9.59 Å². The highest BCUT2D eigenvalue weighted by atomic mass is 35.5. The van der Waals surface area contributed by atoms with Gasteiger partial charge in [0.1, 0.15) is 6.54 Å². The fourth-order valence-electron chi connectivity index (χ4n) is 3.48. The van der Waals surface area contributed by atoms with Gasteiger partial charge in [0.2, 0.25) is 0 Å².